The van der Waals surface area contributed by atoms with Crippen LogP contribution in [0.1, 0.15) is 0 Å². The third-order valence-corrected chi connectivity index (χ3v) is 8.93. The number of hydrogen-bond donors (Lipinski definition) is 1. The van der Waals surface area contributed by atoms with Crippen LogP contribution in [0.3, 0.4) is 0 Å². The summed E-state index contributed by atoms with van der Waals surface area (Å²) in [4.78, 5) is 0. The van der Waals surface area contributed by atoms with Gasteiger partial charge in [0.2, 0.25) is 0 Å². The highest BCUT2D eigenvalue weighted by Crippen LogP contribution is 2.48. The summed E-state index contributed by atoms with van der Waals surface area (Å²) in [6, 6.07) is 57.4. The molecule has 1 aliphatic carbocycles. The smallest absolute Gasteiger partial charge is 0.0390 e. The van der Waals surface area contributed by atoms with Crippen molar-refractivity contribution in [2.24, 2.45) is 0 Å². The third-order valence-electron chi connectivity index (χ3n) is 8.93. The van der Waals surface area contributed by atoms with Gasteiger partial charge in [-0.25, -0.2) is 0 Å². The summed E-state index contributed by atoms with van der Waals surface area (Å²) in [5.41, 5.74) is 12.4. The number of nitrogens with one attached hydrogen (secondary N) is 1. The molecule has 0 amide bonds. The molecule has 0 spiro atoms. The lowest BCUT2D eigenvalue weighted by Crippen LogP contribution is -1.91. The molecular weight excluding hydrogens is 518 g/mol. The van der Waals surface area contributed by atoms with E-state index in [1.165, 1.54) is 76.8 Å². The summed E-state index contributed by atoms with van der Waals surface area (Å²) in [5.74, 6) is 0. The van der Waals surface area contributed by atoms with Gasteiger partial charge in [-0.05, 0) is 119 Å². The Morgan fingerprint density at radius 2 is 0.953 bits per heavy atom. The van der Waals surface area contributed by atoms with Crippen LogP contribution in [-0.2, 0) is 0 Å². The van der Waals surface area contributed by atoms with Crippen molar-refractivity contribution in [3.05, 3.63) is 158 Å². The van der Waals surface area contributed by atoms with Crippen molar-refractivity contribution in [1.29, 1.82) is 0 Å². The fourth-order valence-electron chi connectivity index (χ4n) is 6.87. The lowest BCUT2D eigenvalue weighted by Gasteiger charge is -2.12. The summed E-state index contributed by atoms with van der Waals surface area (Å²) in [6.07, 6.45) is 0. The van der Waals surface area contributed by atoms with Gasteiger partial charge in [0.25, 0.3) is 0 Å². The Labute approximate surface area is 250 Å². The molecule has 0 aromatic heterocycles. The highest BCUT2D eigenvalue weighted by Gasteiger charge is 2.21. The molecule has 0 fully saturated rings. The largest absolute Gasteiger partial charge is 0.356 e. The van der Waals surface area contributed by atoms with Gasteiger partial charge >= 0.3 is 0 Å². The summed E-state index contributed by atoms with van der Waals surface area (Å²) in [7, 11) is 0. The molecule has 1 heteroatoms. The van der Waals surface area contributed by atoms with Crippen LogP contribution in [0.25, 0.3) is 76.8 Å². The zero-order valence-electron chi connectivity index (χ0n) is 23.5. The SMILES string of the molecule is c1cc(Nc2ccc(-c3ccc4c(ccc5ccccc54)c3)cc2)cc(-c2cc3c4c(cccc4c2)-c2ccccc2-3)c1. The lowest BCUT2D eigenvalue weighted by molar-refractivity contribution is 1.54. The van der Waals surface area contributed by atoms with Gasteiger partial charge in [-0.3, -0.25) is 0 Å². The van der Waals surface area contributed by atoms with E-state index in [4.69, 9.17) is 0 Å². The van der Waals surface area contributed by atoms with Gasteiger partial charge in [-0.1, -0.05) is 115 Å². The van der Waals surface area contributed by atoms with Crippen LogP contribution in [-0.4, -0.2) is 0 Å². The first-order valence-corrected chi connectivity index (χ1v) is 14.8. The Balaban J connectivity index is 1.01. The maximum absolute atomic E-state index is 3.63. The molecule has 8 aromatic rings. The number of fused-ring (bicyclic) bond motifs is 6. The molecule has 0 saturated carbocycles. The molecule has 43 heavy (non-hydrogen) atoms. The quantitative estimate of drug-likeness (QED) is 0.217. The molecule has 1 nitrogen and oxygen atoms in total. The predicted octanol–water partition coefficient (Wildman–Crippen LogP) is 11.9. The van der Waals surface area contributed by atoms with Gasteiger partial charge in [-0.2, -0.15) is 0 Å². The molecule has 0 unspecified atom stereocenters. The molecule has 0 heterocycles. The predicted molar refractivity (Wildman–Crippen MR) is 184 cm³/mol. The molecule has 200 valence electrons. The van der Waals surface area contributed by atoms with Crippen LogP contribution in [0.2, 0.25) is 0 Å². The van der Waals surface area contributed by atoms with E-state index >= 15 is 0 Å². The molecule has 1 N–H and O–H groups in total. The Bertz CT molecular complexity index is 2360. The van der Waals surface area contributed by atoms with Gasteiger partial charge < -0.3 is 5.32 Å². The Hall–Kier alpha value is -5.66. The van der Waals surface area contributed by atoms with Crippen molar-refractivity contribution < 1.29 is 0 Å². The summed E-state index contributed by atoms with van der Waals surface area (Å²) in [6.45, 7) is 0. The molecule has 9 rings (SSSR count). The standard InChI is InChI=1S/C42H27N/c1-2-11-36-28(7-1)15-16-31-23-30(19-22-37(31)36)27-17-20-34(21-18-27)43-35-10-5-8-29(25-35)33-24-32-9-6-14-40-38-12-3-4-13-39(38)41(26-33)42(32)40/h1-26,43H. The van der Waals surface area contributed by atoms with E-state index in [1.54, 1.807) is 0 Å². The minimum Gasteiger partial charge on any atom is -0.356 e. The zero-order chi connectivity index (χ0) is 28.3. The van der Waals surface area contributed by atoms with Crippen molar-refractivity contribution in [3.63, 3.8) is 0 Å². The minimum atomic E-state index is 1.07. The van der Waals surface area contributed by atoms with Gasteiger partial charge in [0.1, 0.15) is 0 Å². The summed E-state index contributed by atoms with van der Waals surface area (Å²) >= 11 is 0. The second-order valence-corrected chi connectivity index (χ2v) is 11.5. The van der Waals surface area contributed by atoms with Crippen molar-refractivity contribution in [2.45, 2.75) is 0 Å². The molecule has 0 aliphatic heterocycles. The summed E-state index contributed by atoms with van der Waals surface area (Å²) < 4.78 is 0. The van der Waals surface area contributed by atoms with Crippen LogP contribution in [0.5, 0.6) is 0 Å². The number of rotatable bonds is 4. The van der Waals surface area contributed by atoms with Gasteiger partial charge in [-0.15, -0.1) is 0 Å². The molecule has 8 aromatic carbocycles. The summed E-state index contributed by atoms with van der Waals surface area (Å²) in [5, 5.41) is 11.4. The second kappa shape index (κ2) is 9.44. The van der Waals surface area contributed by atoms with E-state index in [-0.39, 0.29) is 0 Å². The van der Waals surface area contributed by atoms with Crippen molar-refractivity contribution in [3.8, 4) is 44.5 Å². The van der Waals surface area contributed by atoms with E-state index < -0.39 is 0 Å². The van der Waals surface area contributed by atoms with Crippen LogP contribution < -0.4 is 5.32 Å². The van der Waals surface area contributed by atoms with Gasteiger partial charge in [0.05, 0.1) is 0 Å². The topological polar surface area (TPSA) is 12.0 Å². The monoisotopic (exact) mass is 545 g/mol. The Morgan fingerprint density at radius 3 is 1.86 bits per heavy atom. The van der Waals surface area contributed by atoms with Gasteiger partial charge in [0, 0.05) is 11.4 Å². The number of hydrogen-bond acceptors (Lipinski definition) is 1. The Kier molecular flexibility index (Phi) is 5.27. The molecule has 0 saturated heterocycles. The first kappa shape index (κ1) is 24.0. The average Bonchev–Trinajstić information content (AvgIpc) is 3.40. The van der Waals surface area contributed by atoms with Crippen molar-refractivity contribution >= 4 is 43.7 Å². The van der Waals surface area contributed by atoms with Gasteiger partial charge in [0.15, 0.2) is 0 Å². The molecular formula is C42H27N. The number of anilines is 2. The van der Waals surface area contributed by atoms with Crippen LogP contribution >= 0.6 is 0 Å². The first-order valence-electron chi connectivity index (χ1n) is 14.8. The number of benzene rings is 8. The van der Waals surface area contributed by atoms with Crippen LogP contribution in [0.4, 0.5) is 11.4 Å². The van der Waals surface area contributed by atoms with Crippen LogP contribution in [0.15, 0.2) is 158 Å². The Morgan fingerprint density at radius 1 is 0.302 bits per heavy atom. The van der Waals surface area contributed by atoms with Crippen molar-refractivity contribution in [1.82, 2.24) is 0 Å². The van der Waals surface area contributed by atoms with E-state index in [2.05, 4.69) is 163 Å². The van der Waals surface area contributed by atoms with Crippen LogP contribution in [0, 0.1) is 0 Å². The van der Waals surface area contributed by atoms with E-state index in [0.717, 1.165) is 11.4 Å². The average molecular weight is 546 g/mol. The van der Waals surface area contributed by atoms with E-state index in [1.807, 2.05) is 0 Å². The highest BCUT2D eigenvalue weighted by molar-refractivity contribution is 6.16. The normalized spacial score (nSPS) is 11.7. The first-order chi connectivity index (χ1) is 21.3. The van der Waals surface area contributed by atoms with E-state index in [9.17, 15) is 0 Å². The molecule has 1 aliphatic rings. The zero-order valence-corrected chi connectivity index (χ0v) is 23.5. The molecule has 0 atom stereocenters. The van der Waals surface area contributed by atoms with Crippen molar-refractivity contribution in [2.75, 3.05) is 5.32 Å². The fourth-order valence-corrected chi connectivity index (χ4v) is 6.87. The molecule has 0 radical (unpaired) electrons. The van der Waals surface area contributed by atoms with E-state index in [0.29, 0.717) is 0 Å². The lowest BCUT2D eigenvalue weighted by atomic mass is 9.96. The second-order valence-electron chi connectivity index (χ2n) is 11.5. The maximum atomic E-state index is 3.63. The highest BCUT2D eigenvalue weighted by atomic mass is 14.9. The fraction of sp³-hybridized carbons (Fsp3) is 0. The third kappa shape index (κ3) is 3.94. The minimum absolute atomic E-state index is 1.07. The molecule has 0 bridgehead atoms. The maximum Gasteiger partial charge on any atom is 0.0390 e.